The van der Waals surface area contributed by atoms with Crippen LogP contribution in [0.4, 0.5) is 14.9 Å². The van der Waals surface area contributed by atoms with Crippen LogP contribution in [0.25, 0.3) is 0 Å². The number of likely N-dealkylation sites (tertiary alicyclic amines) is 1. The minimum atomic E-state index is -1.51. The Morgan fingerprint density at radius 3 is 2.66 bits per heavy atom. The number of amides is 3. The molecule has 0 bridgehead atoms. The third-order valence-corrected chi connectivity index (χ3v) is 4.87. The number of nitrogens with one attached hydrogen (secondary N) is 2. The average Bonchev–Trinajstić information content (AvgIpc) is 2.75. The van der Waals surface area contributed by atoms with Crippen LogP contribution in [0.3, 0.4) is 0 Å². The number of nitrogens with zero attached hydrogens (tertiary/aromatic N) is 1. The summed E-state index contributed by atoms with van der Waals surface area (Å²) in [5.74, 6) is -3.39. The molecular formula is C21H26FN3O7. The lowest BCUT2D eigenvalue weighted by Crippen LogP contribution is -2.55. The van der Waals surface area contributed by atoms with E-state index < -0.39 is 48.9 Å². The third kappa shape index (κ3) is 7.33. The molecule has 0 aliphatic carbocycles. The van der Waals surface area contributed by atoms with Gasteiger partial charge in [-0.2, -0.15) is 0 Å². The second-order valence-electron chi connectivity index (χ2n) is 7.40. The fourth-order valence-corrected chi connectivity index (χ4v) is 3.37. The third-order valence-electron chi connectivity index (χ3n) is 4.87. The molecule has 2 rings (SSSR count). The monoisotopic (exact) mass is 451 g/mol. The van der Waals surface area contributed by atoms with Crippen molar-refractivity contribution in [2.45, 2.75) is 51.3 Å². The molecule has 1 unspecified atom stereocenters. The molecule has 1 aromatic rings. The number of carbonyl (C=O) groups excluding carboxylic acids is 4. The quantitative estimate of drug-likeness (QED) is 0.518. The number of halogens is 1. The van der Waals surface area contributed by atoms with E-state index >= 15 is 0 Å². The van der Waals surface area contributed by atoms with E-state index in [1.54, 1.807) is 24.3 Å². The van der Waals surface area contributed by atoms with Crippen molar-refractivity contribution >= 4 is 35.3 Å². The van der Waals surface area contributed by atoms with E-state index in [1.165, 1.54) is 11.8 Å². The predicted molar refractivity (Wildman–Crippen MR) is 110 cm³/mol. The summed E-state index contributed by atoms with van der Waals surface area (Å²) in [6.07, 6.45) is 0.0697. The first kappa shape index (κ1) is 24.8. The number of carbonyl (C=O) groups is 5. The fourth-order valence-electron chi connectivity index (χ4n) is 3.37. The van der Waals surface area contributed by atoms with Crippen molar-refractivity contribution in [3.63, 3.8) is 0 Å². The highest BCUT2D eigenvalue weighted by molar-refractivity contribution is 5.94. The van der Waals surface area contributed by atoms with Crippen molar-refractivity contribution in [3.8, 4) is 0 Å². The van der Waals surface area contributed by atoms with Crippen LogP contribution >= 0.6 is 0 Å². The molecule has 3 amide bonds. The van der Waals surface area contributed by atoms with Gasteiger partial charge in [-0.05, 0) is 37.0 Å². The lowest BCUT2D eigenvalue weighted by Gasteiger charge is -2.34. The maximum absolute atomic E-state index is 12.7. The van der Waals surface area contributed by atoms with E-state index in [-0.39, 0.29) is 19.1 Å². The Bertz CT molecular complexity index is 877. The molecular weight excluding hydrogens is 425 g/mol. The van der Waals surface area contributed by atoms with Crippen molar-refractivity contribution in [1.82, 2.24) is 10.2 Å². The highest BCUT2D eigenvalue weighted by Crippen LogP contribution is 2.20. The number of carboxylic acids is 1. The standard InChI is InChI=1S/C21H26FN3O7/c1-13(26)23-15-6-4-5-14(9-15)12-32-21(31)25-8-3-2-7-17(25)20(30)24-16(10-19(28)29)18(27)11-22/h4-6,9,16-17H,2-3,7-8,10-12H2,1H3,(H,23,26)(H,24,30)(H,28,29)/t16?,17-/m0/s1. The maximum atomic E-state index is 12.7. The molecule has 1 heterocycles. The van der Waals surface area contributed by atoms with Crippen molar-refractivity contribution in [3.05, 3.63) is 29.8 Å². The Kier molecular flexibility index (Phi) is 9.11. The number of Topliss-reactive ketones (excluding diaryl/α,β-unsaturated/α-hetero) is 1. The average molecular weight is 451 g/mol. The zero-order valence-corrected chi connectivity index (χ0v) is 17.6. The molecule has 0 spiro atoms. The molecule has 2 atom stereocenters. The molecule has 1 aliphatic heterocycles. The Balaban J connectivity index is 2.03. The van der Waals surface area contributed by atoms with Crippen molar-refractivity contribution in [2.24, 2.45) is 0 Å². The molecule has 1 aromatic carbocycles. The summed E-state index contributed by atoms with van der Waals surface area (Å²) in [6.45, 7) is 0.102. The van der Waals surface area contributed by atoms with Crippen LogP contribution in [0.2, 0.25) is 0 Å². The van der Waals surface area contributed by atoms with Gasteiger partial charge in [0.1, 0.15) is 25.4 Å². The van der Waals surface area contributed by atoms with Gasteiger partial charge < -0.3 is 20.5 Å². The van der Waals surface area contributed by atoms with Crippen LogP contribution in [0.15, 0.2) is 24.3 Å². The summed E-state index contributed by atoms with van der Waals surface area (Å²) >= 11 is 0. The zero-order valence-electron chi connectivity index (χ0n) is 17.6. The second-order valence-corrected chi connectivity index (χ2v) is 7.40. The Morgan fingerprint density at radius 2 is 2.00 bits per heavy atom. The van der Waals surface area contributed by atoms with Crippen LogP contribution in [0.5, 0.6) is 0 Å². The van der Waals surface area contributed by atoms with Crippen molar-refractivity contribution in [1.29, 1.82) is 0 Å². The smallest absolute Gasteiger partial charge is 0.410 e. The van der Waals surface area contributed by atoms with Gasteiger partial charge in [-0.15, -0.1) is 0 Å². The Hall–Kier alpha value is -3.50. The number of aliphatic carboxylic acids is 1. The summed E-state index contributed by atoms with van der Waals surface area (Å²) in [5.41, 5.74) is 1.17. The van der Waals surface area contributed by atoms with Gasteiger partial charge >= 0.3 is 12.1 Å². The summed E-state index contributed by atoms with van der Waals surface area (Å²) in [5, 5.41) is 13.8. The number of piperidine rings is 1. The van der Waals surface area contributed by atoms with E-state index in [9.17, 15) is 28.4 Å². The maximum Gasteiger partial charge on any atom is 0.410 e. The van der Waals surface area contributed by atoms with E-state index in [0.29, 0.717) is 30.5 Å². The van der Waals surface area contributed by atoms with Crippen LogP contribution in [-0.4, -0.2) is 65.0 Å². The van der Waals surface area contributed by atoms with E-state index in [1.807, 2.05) is 0 Å². The van der Waals surface area contributed by atoms with Gasteiger partial charge in [0.05, 0.1) is 6.42 Å². The zero-order chi connectivity index (χ0) is 23.7. The SMILES string of the molecule is CC(=O)Nc1cccc(COC(=O)N2CCCC[C@H]2C(=O)NC(CC(=O)O)C(=O)CF)c1. The Labute approximate surface area is 184 Å². The molecule has 10 nitrogen and oxygen atoms in total. The molecule has 1 aliphatic rings. The van der Waals surface area contributed by atoms with Gasteiger partial charge in [0.2, 0.25) is 11.8 Å². The molecule has 174 valence electrons. The number of rotatable bonds is 9. The number of ketones is 1. The number of ether oxygens (including phenoxy) is 1. The second kappa shape index (κ2) is 11.8. The highest BCUT2D eigenvalue weighted by Gasteiger charge is 2.35. The van der Waals surface area contributed by atoms with Crippen molar-refractivity contribution in [2.75, 3.05) is 18.5 Å². The number of benzene rings is 1. The van der Waals surface area contributed by atoms with Gasteiger partial charge in [-0.3, -0.25) is 24.1 Å². The first-order chi connectivity index (χ1) is 15.2. The highest BCUT2D eigenvalue weighted by atomic mass is 19.1. The molecule has 32 heavy (non-hydrogen) atoms. The normalized spacial score (nSPS) is 16.6. The van der Waals surface area contributed by atoms with Gasteiger partial charge in [0.25, 0.3) is 0 Å². The summed E-state index contributed by atoms with van der Waals surface area (Å²) < 4.78 is 18.1. The molecule has 1 saturated heterocycles. The molecule has 0 aromatic heterocycles. The number of hydrogen-bond donors (Lipinski definition) is 3. The van der Waals surface area contributed by atoms with Crippen LogP contribution < -0.4 is 10.6 Å². The minimum Gasteiger partial charge on any atom is -0.481 e. The first-order valence-corrected chi connectivity index (χ1v) is 10.1. The van der Waals surface area contributed by atoms with Crippen LogP contribution in [0, 0.1) is 0 Å². The summed E-state index contributed by atoms with van der Waals surface area (Å²) in [7, 11) is 0. The topological polar surface area (TPSA) is 142 Å². The van der Waals surface area contributed by atoms with Crippen LogP contribution in [-0.2, 0) is 30.5 Å². The number of hydrogen-bond acceptors (Lipinski definition) is 6. The van der Waals surface area contributed by atoms with E-state index in [4.69, 9.17) is 9.84 Å². The Morgan fingerprint density at radius 1 is 1.25 bits per heavy atom. The molecule has 0 saturated carbocycles. The lowest BCUT2D eigenvalue weighted by atomic mass is 10.0. The predicted octanol–water partition coefficient (Wildman–Crippen LogP) is 1.63. The molecule has 1 fully saturated rings. The largest absolute Gasteiger partial charge is 0.481 e. The van der Waals surface area contributed by atoms with E-state index in [0.717, 1.165) is 0 Å². The van der Waals surface area contributed by atoms with Crippen LogP contribution in [0.1, 0.15) is 38.2 Å². The van der Waals surface area contributed by atoms with Gasteiger partial charge in [0, 0.05) is 19.2 Å². The first-order valence-electron chi connectivity index (χ1n) is 10.1. The summed E-state index contributed by atoms with van der Waals surface area (Å²) in [6, 6.07) is 4.25. The number of alkyl halides is 1. The lowest BCUT2D eigenvalue weighted by molar-refractivity contribution is -0.140. The van der Waals surface area contributed by atoms with Crippen molar-refractivity contribution < 1.29 is 38.2 Å². The molecule has 11 heteroatoms. The summed E-state index contributed by atoms with van der Waals surface area (Å²) in [4.78, 5) is 60.3. The number of carboxylic acid groups (broad SMARTS) is 1. The number of anilines is 1. The molecule has 0 radical (unpaired) electrons. The van der Waals surface area contributed by atoms with E-state index in [2.05, 4.69) is 10.6 Å². The van der Waals surface area contributed by atoms with Gasteiger partial charge in [0.15, 0.2) is 5.78 Å². The van der Waals surface area contributed by atoms with Gasteiger partial charge in [-0.25, -0.2) is 9.18 Å². The fraction of sp³-hybridized carbons (Fsp3) is 0.476. The van der Waals surface area contributed by atoms with Gasteiger partial charge in [-0.1, -0.05) is 12.1 Å². The minimum absolute atomic E-state index is 0.0981. The molecule has 3 N–H and O–H groups in total.